The highest BCUT2D eigenvalue weighted by atomic mass is 15.3. The second-order valence-electron chi connectivity index (χ2n) is 12.3. The summed E-state index contributed by atoms with van der Waals surface area (Å²) in [5, 5.41) is 2.53. The average Bonchev–Trinajstić information content (AvgIpc) is 3.74. The molecule has 0 saturated carbocycles. The lowest BCUT2D eigenvalue weighted by Gasteiger charge is -2.29. The van der Waals surface area contributed by atoms with Crippen LogP contribution in [0, 0.1) is 0 Å². The van der Waals surface area contributed by atoms with E-state index in [0.717, 1.165) is 11.6 Å². The van der Waals surface area contributed by atoms with Crippen molar-refractivity contribution in [2.24, 2.45) is 0 Å². The summed E-state index contributed by atoms with van der Waals surface area (Å²) >= 11 is 0. The summed E-state index contributed by atoms with van der Waals surface area (Å²) in [7, 11) is 0. The Labute approximate surface area is 262 Å². The number of para-hydroxylation sites is 3. The summed E-state index contributed by atoms with van der Waals surface area (Å²) < 4.78 is 2.36. The lowest BCUT2D eigenvalue weighted by molar-refractivity contribution is 0.737. The molecule has 4 heterocycles. The number of aromatic nitrogens is 2. The minimum Gasteiger partial charge on any atom is -0.333 e. The monoisotopic (exact) mass is 578 g/mol. The van der Waals surface area contributed by atoms with E-state index in [9.17, 15) is 0 Å². The summed E-state index contributed by atoms with van der Waals surface area (Å²) in [6, 6.07) is 40.0. The number of benzene rings is 4. The first-order chi connectivity index (χ1) is 22.4. The third-order valence-electron chi connectivity index (χ3n) is 10.0. The lowest BCUT2D eigenvalue weighted by atomic mass is 9.91. The third-order valence-corrected chi connectivity index (χ3v) is 10.0. The molecule has 4 nitrogen and oxygen atoms in total. The van der Waals surface area contributed by atoms with Crippen molar-refractivity contribution in [1.82, 2.24) is 9.55 Å². The standard InChI is InChI=1S/C41H30N4/c1-2-13-27(14-3-1)43-33-19-8-6-17-30(33)31-25-26-37-40(41(31)43)32-18-7-11-22-36(32)45(37)39-24-12-23-38(42-39)44-34-20-9-4-15-28(34)29-16-5-10-21-35(29)44/h1-26,28,30,33-34H. The molecule has 2 aliphatic heterocycles. The Hall–Kier alpha value is -5.61. The number of hydrogen-bond donors (Lipinski definition) is 0. The number of hydrogen-bond acceptors (Lipinski definition) is 3. The molecule has 0 saturated heterocycles. The summed E-state index contributed by atoms with van der Waals surface area (Å²) in [5.74, 6) is 2.52. The zero-order valence-electron chi connectivity index (χ0n) is 24.6. The Morgan fingerprint density at radius 3 is 2.04 bits per heavy atom. The first-order valence-corrected chi connectivity index (χ1v) is 15.8. The predicted octanol–water partition coefficient (Wildman–Crippen LogP) is 9.64. The average molecular weight is 579 g/mol. The van der Waals surface area contributed by atoms with E-state index in [-0.39, 0.29) is 12.1 Å². The van der Waals surface area contributed by atoms with Gasteiger partial charge in [-0.25, -0.2) is 4.98 Å². The molecule has 2 aromatic heterocycles. The fourth-order valence-electron chi connectivity index (χ4n) is 8.23. The molecule has 45 heavy (non-hydrogen) atoms. The van der Waals surface area contributed by atoms with Gasteiger partial charge < -0.3 is 9.80 Å². The topological polar surface area (TPSA) is 24.3 Å². The van der Waals surface area contributed by atoms with Gasteiger partial charge in [0.25, 0.3) is 0 Å². The van der Waals surface area contributed by atoms with Gasteiger partial charge in [-0.3, -0.25) is 4.57 Å². The molecule has 4 unspecified atom stereocenters. The van der Waals surface area contributed by atoms with E-state index < -0.39 is 0 Å². The quantitative estimate of drug-likeness (QED) is 0.209. The van der Waals surface area contributed by atoms with E-state index in [0.29, 0.717) is 11.8 Å². The van der Waals surface area contributed by atoms with Gasteiger partial charge >= 0.3 is 0 Å². The van der Waals surface area contributed by atoms with E-state index in [4.69, 9.17) is 4.98 Å². The second kappa shape index (κ2) is 9.44. The number of rotatable bonds is 3. The SMILES string of the molecule is C1=CC2c3ccccc3N(c3cccc(-n4c5ccccc5c5c6c(ccc54)C4C=CC=CC4N6c4ccccc4)n3)C2C=C1. The van der Waals surface area contributed by atoms with E-state index in [1.54, 1.807) is 0 Å². The summed E-state index contributed by atoms with van der Waals surface area (Å²) in [4.78, 5) is 10.4. The van der Waals surface area contributed by atoms with Gasteiger partial charge in [0.1, 0.15) is 11.6 Å². The first-order valence-electron chi connectivity index (χ1n) is 15.8. The summed E-state index contributed by atoms with van der Waals surface area (Å²) in [6.45, 7) is 0. The molecule has 2 aliphatic carbocycles. The molecule has 0 fully saturated rings. The van der Waals surface area contributed by atoms with Gasteiger partial charge in [-0.1, -0.05) is 115 Å². The second-order valence-corrected chi connectivity index (χ2v) is 12.3. The lowest BCUT2D eigenvalue weighted by Crippen LogP contribution is -2.29. The molecule has 4 heteroatoms. The molecular formula is C41H30N4. The van der Waals surface area contributed by atoms with E-state index in [2.05, 4.69) is 172 Å². The highest BCUT2D eigenvalue weighted by Crippen LogP contribution is 2.53. The van der Waals surface area contributed by atoms with Crippen LogP contribution in [0.15, 0.2) is 158 Å². The molecule has 0 bridgehead atoms. The van der Waals surface area contributed by atoms with Crippen LogP contribution < -0.4 is 9.80 Å². The van der Waals surface area contributed by atoms with Crippen LogP contribution in [-0.2, 0) is 0 Å². The Kier molecular flexibility index (Phi) is 5.20. The number of allylic oxidation sites excluding steroid dienone is 4. The van der Waals surface area contributed by atoms with Crippen molar-refractivity contribution in [3.05, 3.63) is 169 Å². The molecule has 10 rings (SSSR count). The van der Waals surface area contributed by atoms with Crippen LogP contribution in [-0.4, -0.2) is 21.6 Å². The summed E-state index contributed by atoms with van der Waals surface area (Å²) in [5.41, 5.74) is 8.81. The van der Waals surface area contributed by atoms with Crippen molar-refractivity contribution in [1.29, 1.82) is 0 Å². The minimum atomic E-state index is 0.209. The van der Waals surface area contributed by atoms with Crippen molar-refractivity contribution in [3.8, 4) is 5.82 Å². The normalized spacial score (nSPS) is 22.2. The Morgan fingerprint density at radius 1 is 0.489 bits per heavy atom. The first kappa shape index (κ1) is 24.8. The molecular weight excluding hydrogens is 548 g/mol. The van der Waals surface area contributed by atoms with Gasteiger partial charge in [-0.05, 0) is 53.6 Å². The molecule has 0 spiro atoms. The molecule has 4 aromatic carbocycles. The highest BCUT2D eigenvalue weighted by Gasteiger charge is 2.40. The number of fused-ring (bicyclic) bond motifs is 10. The molecule has 214 valence electrons. The van der Waals surface area contributed by atoms with Gasteiger partial charge in [-0.2, -0.15) is 0 Å². The smallest absolute Gasteiger partial charge is 0.140 e. The van der Waals surface area contributed by atoms with Crippen LogP contribution in [0.2, 0.25) is 0 Å². The Balaban J connectivity index is 1.21. The molecule has 4 aliphatic rings. The van der Waals surface area contributed by atoms with Crippen molar-refractivity contribution >= 4 is 44.7 Å². The van der Waals surface area contributed by atoms with Gasteiger partial charge in [0.05, 0.1) is 28.8 Å². The molecule has 6 aromatic rings. The molecule has 0 N–H and O–H groups in total. The zero-order valence-corrected chi connectivity index (χ0v) is 24.6. The maximum absolute atomic E-state index is 5.43. The van der Waals surface area contributed by atoms with Gasteiger partial charge in [0, 0.05) is 34.0 Å². The van der Waals surface area contributed by atoms with Crippen molar-refractivity contribution in [2.75, 3.05) is 9.80 Å². The van der Waals surface area contributed by atoms with Crippen LogP contribution >= 0.6 is 0 Å². The van der Waals surface area contributed by atoms with Crippen molar-refractivity contribution in [2.45, 2.75) is 23.9 Å². The van der Waals surface area contributed by atoms with E-state index in [1.807, 2.05) is 0 Å². The van der Waals surface area contributed by atoms with Gasteiger partial charge in [-0.15, -0.1) is 0 Å². The molecule has 0 radical (unpaired) electrons. The maximum Gasteiger partial charge on any atom is 0.140 e. The summed E-state index contributed by atoms with van der Waals surface area (Å²) in [6.07, 6.45) is 18.1. The fraction of sp³-hybridized carbons (Fsp3) is 0.0976. The molecule has 0 amide bonds. The van der Waals surface area contributed by atoms with Gasteiger partial charge in [0.2, 0.25) is 0 Å². The number of anilines is 4. The number of pyridine rings is 1. The van der Waals surface area contributed by atoms with E-state index in [1.165, 1.54) is 50.0 Å². The van der Waals surface area contributed by atoms with Crippen LogP contribution in [0.1, 0.15) is 23.0 Å². The Morgan fingerprint density at radius 2 is 1.18 bits per heavy atom. The Bertz CT molecular complexity index is 2270. The van der Waals surface area contributed by atoms with Crippen LogP contribution in [0.25, 0.3) is 27.6 Å². The largest absolute Gasteiger partial charge is 0.333 e. The fourth-order valence-corrected chi connectivity index (χ4v) is 8.23. The van der Waals surface area contributed by atoms with Crippen molar-refractivity contribution < 1.29 is 0 Å². The van der Waals surface area contributed by atoms with Gasteiger partial charge in [0.15, 0.2) is 0 Å². The predicted molar refractivity (Wildman–Crippen MR) is 185 cm³/mol. The maximum atomic E-state index is 5.43. The highest BCUT2D eigenvalue weighted by molar-refractivity contribution is 6.17. The zero-order chi connectivity index (χ0) is 29.5. The van der Waals surface area contributed by atoms with Crippen LogP contribution in [0.3, 0.4) is 0 Å². The van der Waals surface area contributed by atoms with Crippen LogP contribution in [0.5, 0.6) is 0 Å². The van der Waals surface area contributed by atoms with E-state index >= 15 is 0 Å². The van der Waals surface area contributed by atoms with Crippen LogP contribution in [0.4, 0.5) is 22.9 Å². The van der Waals surface area contributed by atoms with Crippen molar-refractivity contribution in [3.63, 3.8) is 0 Å². The third kappa shape index (κ3) is 3.45. The number of nitrogens with zero attached hydrogens (tertiary/aromatic N) is 4. The minimum absolute atomic E-state index is 0.209. The molecule has 4 atom stereocenters.